The number of rotatable bonds is 3. The largest absolute Gasteiger partial charge is 0.335 e. The minimum atomic E-state index is -0.0691. The summed E-state index contributed by atoms with van der Waals surface area (Å²) in [6.07, 6.45) is 6.28. The van der Waals surface area contributed by atoms with E-state index in [1.54, 1.807) is 0 Å². The summed E-state index contributed by atoms with van der Waals surface area (Å²) < 4.78 is 7.75. The van der Waals surface area contributed by atoms with Gasteiger partial charge < -0.3 is 14.0 Å². The standard InChI is InChI=1S/C25H26N6O2/c1-16-22-18(15-19(26-24(22)33-29-16)17-9-4-2-5-10-17)25(32)30-14-8-11-20(30)23-28-27-21-12-6-3-7-13-31(21)23/h2,4-5,9-10,15,20H,3,6-8,11-14H2,1H3/t20-/m1/s1. The molecule has 2 aliphatic rings. The Kier molecular flexibility index (Phi) is 4.93. The highest BCUT2D eigenvalue weighted by molar-refractivity contribution is 6.07. The van der Waals surface area contributed by atoms with Crippen molar-refractivity contribution in [1.29, 1.82) is 0 Å². The van der Waals surface area contributed by atoms with Crippen molar-refractivity contribution in [3.63, 3.8) is 0 Å². The minimum absolute atomic E-state index is 0.0284. The van der Waals surface area contributed by atoms with Crippen molar-refractivity contribution in [1.82, 2.24) is 29.8 Å². The van der Waals surface area contributed by atoms with Crippen molar-refractivity contribution in [2.75, 3.05) is 6.54 Å². The molecule has 1 saturated heterocycles. The van der Waals surface area contributed by atoms with E-state index in [0.717, 1.165) is 55.9 Å². The Labute approximate surface area is 191 Å². The van der Waals surface area contributed by atoms with Crippen LogP contribution in [0.3, 0.4) is 0 Å². The van der Waals surface area contributed by atoms with Gasteiger partial charge in [0, 0.05) is 25.1 Å². The minimum Gasteiger partial charge on any atom is -0.335 e. The first-order valence-corrected chi connectivity index (χ1v) is 11.8. The predicted octanol–water partition coefficient (Wildman–Crippen LogP) is 4.49. The maximum absolute atomic E-state index is 14.0. The first-order valence-electron chi connectivity index (χ1n) is 11.8. The number of carbonyl (C=O) groups is 1. The van der Waals surface area contributed by atoms with Gasteiger partial charge in [0.05, 0.1) is 28.4 Å². The molecular formula is C25H26N6O2. The normalized spacial score (nSPS) is 18.5. The van der Waals surface area contributed by atoms with Crippen LogP contribution in [0.5, 0.6) is 0 Å². The molecule has 1 atom stereocenters. The summed E-state index contributed by atoms with van der Waals surface area (Å²) in [5, 5.41) is 13.8. The average molecular weight is 443 g/mol. The van der Waals surface area contributed by atoms with Gasteiger partial charge in [-0.2, -0.15) is 0 Å². The van der Waals surface area contributed by atoms with E-state index in [0.29, 0.717) is 34.6 Å². The van der Waals surface area contributed by atoms with Gasteiger partial charge in [-0.25, -0.2) is 4.98 Å². The molecule has 1 amide bonds. The third-order valence-electron chi connectivity index (χ3n) is 6.87. The molecule has 1 aromatic carbocycles. The lowest BCUT2D eigenvalue weighted by atomic mass is 10.0. The number of fused-ring (bicyclic) bond motifs is 2. The Morgan fingerprint density at radius 3 is 2.82 bits per heavy atom. The van der Waals surface area contributed by atoms with Crippen molar-refractivity contribution in [2.45, 2.75) is 58.0 Å². The molecule has 0 aliphatic carbocycles. The number of carbonyl (C=O) groups excluding carboxylic acids is 1. The quantitative estimate of drug-likeness (QED) is 0.464. The Morgan fingerprint density at radius 2 is 1.94 bits per heavy atom. The molecule has 3 aromatic heterocycles. The predicted molar refractivity (Wildman–Crippen MR) is 123 cm³/mol. The highest BCUT2D eigenvalue weighted by Gasteiger charge is 2.36. The number of aryl methyl sites for hydroxylation is 2. The van der Waals surface area contributed by atoms with Crippen LogP contribution in [0.25, 0.3) is 22.4 Å². The van der Waals surface area contributed by atoms with Gasteiger partial charge in [0.1, 0.15) is 5.82 Å². The summed E-state index contributed by atoms with van der Waals surface area (Å²) in [5.41, 5.74) is 3.29. The monoisotopic (exact) mass is 442 g/mol. The van der Waals surface area contributed by atoms with E-state index in [2.05, 4.69) is 24.9 Å². The molecule has 1 fully saturated rings. The summed E-state index contributed by atoms with van der Waals surface area (Å²) in [7, 11) is 0. The van der Waals surface area contributed by atoms with Gasteiger partial charge in [0.15, 0.2) is 5.82 Å². The lowest BCUT2D eigenvalue weighted by molar-refractivity contribution is 0.0729. The van der Waals surface area contributed by atoms with Crippen LogP contribution in [0.4, 0.5) is 0 Å². The van der Waals surface area contributed by atoms with Crippen LogP contribution in [0, 0.1) is 6.92 Å². The lowest BCUT2D eigenvalue weighted by Gasteiger charge is -2.25. The second-order valence-corrected chi connectivity index (χ2v) is 8.96. The van der Waals surface area contributed by atoms with E-state index in [1.807, 2.05) is 48.2 Å². The maximum atomic E-state index is 14.0. The second kappa shape index (κ2) is 8.10. The molecule has 4 aromatic rings. The first kappa shape index (κ1) is 20.1. The molecule has 0 saturated carbocycles. The molecular weight excluding hydrogens is 416 g/mol. The van der Waals surface area contributed by atoms with Gasteiger partial charge in [-0.1, -0.05) is 41.9 Å². The summed E-state index contributed by atoms with van der Waals surface area (Å²) in [4.78, 5) is 20.6. The molecule has 0 bridgehead atoms. The maximum Gasteiger partial charge on any atom is 0.259 e. The van der Waals surface area contributed by atoms with Crippen LogP contribution in [0.2, 0.25) is 0 Å². The van der Waals surface area contributed by atoms with Gasteiger partial charge in [-0.15, -0.1) is 10.2 Å². The van der Waals surface area contributed by atoms with Crippen molar-refractivity contribution < 1.29 is 9.32 Å². The number of hydrogen-bond donors (Lipinski definition) is 0. The topological polar surface area (TPSA) is 89.9 Å². The zero-order valence-electron chi connectivity index (χ0n) is 18.7. The van der Waals surface area contributed by atoms with Gasteiger partial charge in [0.25, 0.3) is 11.6 Å². The highest BCUT2D eigenvalue weighted by atomic mass is 16.5. The van der Waals surface area contributed by atoms with E-state index >= 15 is 0 Å². The molecule has 8 nitrogen and oxygen atoms in total. The molecule has 5 heterocycles. The molecule has 0 spiro atoms. The number of aromatic nitrogens is 5. The molecule has 33 heavy (non-hydrogen) atoms. The summed E-state index contributed by atoms with van der Waals surface area (Å²) in [5.74, 6) is 1.95. The van der Waals surface area contributed by atoms with Gasteiger partial charge in [-0.3, -0.25) is 4.79 Å². The summed E-state index contributed by atoms with van der Waals surface area (Å²) >= 11 is 0. The number of likely N-dealkylation sites (tertiary alicyclic amines) is 1. The van der Waals surface area contributed by atoms with Crippen LogP contribution in [-0.4, -0.2) is 42.3 Å². The first-order chi connectivity index (χ1) is 16.2. The molecule has 2 aliphatic heterocycles. The van der Waals surface area contributed by atoms with Gasteiger partial charge >= 0.3 is 0 Å². The zero-order chi connectivity index (χ0) is 22.4. The van der Waals surface area contributed by atoms with Crippen molar-refractivity contribution in [3.8, 4) is 11.3 Å². The SMILES string of the molecule is Cc1noc2nc(-c3ccccc3)cc(C(=O)N3CCC[C@@H]3c3nnc4n3CCCCC4)c12. The van der Waals surface area contributed by atoms with Crippen molar-refractivity contribution in [2.24, 2.45) is 0 Å². The number of nitrogens with zero attached hydrogens (tertiary/aromatic N) is 6. The van der Waals surface area contributed by atoms with Crippen LogP contribution in [0.1, 0.15) is 65.8 Å². The fourth-order valence-corrected chi connectivity index (χ4v) is 5.21. The number of hydrogen-bond acceptors (Lipinski definition) is 6. The summed E-state index contributed by atoms with van der Waals surface area (Å²) in [6.45, 7) is 3.48. The molecule has 6 rings (SSSR count). The molecule has 8 heteroatoms. The average Bonchev–Trinajstić information content (AvgIpc) is 3.54. The van der Waals surface area contributed by atoms with E-state index in [4.69, 9.17) is 4.52 Å². The Bertz CT molecular complexity index is 1330. The third-order valence-corrected chi connectivity index (χ3v) is 6.87. The number of pyridine rings is 1. The van der Waals surface area contributed by atoms with Crippen molar-refractivity contribution >= 4 is 17.0 Å². The van der Waals surface area contributed by atoms with Crippen LogP contribution >= 0.6 is 0 Å². The molecule has 168 valence electrons. The highest BCUT2D eigenvalue weighted by Crippen LogP contribution is 2.36. The fourth-order valence-electron chi connectivity index (χ4n) is 5.21. The Balaban J connectivity index is 1.42. The Morgan fingerprint density at radius 1 is 1.06 bits per heavy atom. The molecule has 0 unspecified atom stereocenters. The number of amides is 1. The van der Waals surface area contributed by atoms with E-state index in [-0.39, 0.29) is 11.9 Å². The third kappa shape index (κ3) is 3.41. The molecule has 0 radical (unpaired) electrons. The Hall–Kier alpha value is -3.55. The fraction of sp³-hybridized carbons (Fsp3) is 0.400. The number of benzene rings is 1. The van der Waals surface area contributed by atoms with Gasteiger partial charge in [-0.05, 0) is 38.7 Å². The lowest BCUT2D eigenvalue weighted by Crippen LogP contribution is -2.32. The van der Waals surface area contributed by atoms with Crippen LogP contribution in [-0.2, 0) is 13.0 Å². The van der Waals surface area contributed by atoms with E-state index < -0.39 is 0 Å². The molecule has 0 N–H and O–H groups in total. The van der Waals surface area contributed by atoms with E-state index in [1.165, 1.54) is 6.42 Å². The zero-order valence-corrected chi connectivity index (χ0v) is 18.7. The smallest absolute Gasteiger partial charge is 0.259 e. The summed E-state index contributed by atoms with van der Waals surface area (Å²) in [6, 6.07) is 11.7. The second-order valence-electron chi connectivity index (χ2n) is 8.96. The van der Waals surface area contributed by atoms with Crippen molar-refractivity contribution in [3.05, 3.63) is 59.3 Å². The van der Waals surface area contributed by atoms with Crippen LogP contribution < -0.4 is 0 Å². The van der Waals surface area contributed by atoms with E-state index in [9.17, 15) is 4.79 Å². The van der Waals surface area contributed by atoms with Crippen LogP contribution in [0.15, 0.2) is 40.9 Å². The van der Waals surface area contributed by atoms with Gasteiger partial charge in [0.2, 0.25) is 0 Å².